The first-order valence-electron chi connectivity index (χ1n) is 7.97. The molecule has 2 rings (SSSR count). The first-order valence-corrected chi connectivity index (χ1v) is 7.97. The molecule has 1 saturated heterocycles. The van der Waals surface area contributed by atoms with Crippen LogP contribution in [-0.4, -0.2) is 25.0 Å². The van der Waals surface area contributed by atoms with Crippen LogP contribution >= 0.6 is 0 Å². The molecule has 1 aromatic rings. The van der Waals surface area contributed by atoms with Gasteiger partial charge in [0.25, 0.3) is 0 Å². The Labute approximate surface area is 128 Å². The van der Waals surface area contributed by atoms with Gasteiger partial charge in [-0.05, 0) is 38.8 Å². The minimum atomic E-state index is -0.0398. The summed E-state index contributed by atoms with van der Waals surface area (Å²) in [6.45, 7) is 10.2. The smallest absolute Gasteiger partial charge is 0.223 e. The number of benzene rings is 1. The Kier molecular flexibility index (Phi) is 5.04. The van der Waals surface area contributed by atoms with Crippen LogP contribution in [0, 0.1) is 12.8 Å². The number of piperidine rings is 1. The van der Waals surface area contributed by atoms with Crippen LogP contribution < -0.4 is 10.6 Å². The number of hydrogen-bond donors (Lipinski definition) is 2. The number of hydrogen-bond acceptors (Lipinski definition) is 2. The second-order valence-electron chi connectivity index (χ2n) is 7.04. The predicted molar refractivity (Wildman–Crippen MR) is 87.4 cm³/mol. The highest BCUT2D eigenvalue weighted by molar-refractivity contribution is 5.78. The van der Waals surface area contributed by atoms with Crippen molar-refractivity contribution in [2.24, 2.45) is 5.92 Å². The minimum Gasteiger partial charge on any atom is -0.355 e. The van der Waals surface area contributed by atoms with Crippen molar-refractivity contribution in [2.45, 2.75) is 52.0 Å². The molecule has 1 amide bonds. The van der Waals surface area contributed by atoms with E-state index >= 15 is 0 Å². The third-order valence-corrected chi connectivity index (χ3v) is 4.53. The van der Waals surface area contributed by atoms with Crippen molar-refractivity contribution in [3.8, 4) is 0 Å². The van der Waals surface area contributed by atoms with Crippen LogP contribution in [-0.2, 0) is 10.2 Å². The number of carbonyl (C=O) groups excluding carboxylic acids is 1. The zero-order valence-corrected chi connectivity index (χ0v) is 13.7. The molecule has 0 aliphatic carbocycles. The van der Waals surface area contributed by atoms with Crippen LogP contribution in [0.4, 0.5) is 0 Å². The van der Waals surface area contributed by atoms with E-state index in [1.807, 2.05) is 0 Å². The molecule has 2 atom stereocenters. The molecule has 2 N–H and O–H groups in total. The fourth-order valence-corrected chi connectivity index (χ4v) is 2.93. The van der Waals surface area contributed by atoms with Crippen molar-refractivity contribution >= 4 is 5.91 Å². The summed E-state index contributed by atoms with van der Waals surface area (Å²) in [7, 11) is 0. The summed E-state index contributed by atoms with van der Waals surface area (Å²) < 4.78 is 0. The summed E-state index contributed by atoms with van der Waals surface area (Å²) in [5.74, 6) is 0.374. The molecule has 21 heavy (non-hydrogen) atoms. The Balaban J connectivity index is 1.91. The van der Waals surface area contributed by atoms with E-state index in [2.05, 4.69) is 62.6 Å². The van der Waals surface area contributed by atoms with Crippen LogP contribution in [0.3, 0.4) is 0 Å². The van der Waals surface area contributed by atoms with Gasteiger partial charge in [0.15, 0.2) is 0 Å². The topological polar surface area (TPSA) is 41.1 Å². The Bertz CT molecular complexity index is 478. The zero-order valence-electron chi connectivity index (χ0n) is 13.7. The Morgan fingerprint density at radius 1 is 1.33 bits per heavy atom. The van der Waals surface area contributed by atoms with E-state index in [4.69, 9.17) is 0 Å². The van der Waals surface area contributed by atoms with E-state index in [1.165, 1.54) is 11.1 Å². The van der Waals surface area contributed by atoms with Crippen LogP contribution in [0.1, 0.15) is 44.7 Å². The second kappa shape index (κ2) is 6.61. The van der Waals surface area contributed by atoms with Gasteiger partial charge in [-0.2, -0.15) is 0 Å². The molecule has 1 aromatic carbocycles. The maximum Gasteiger partial charge on any atom is 0.223 e. The number of aryl methyl sites for hydroxylation is 1. The molecule has 0 unspecified atom stereocenters. The van der Waals surface area contributed by atoms with E-state index < -0.39 is 0 Å². The summed E-state index contributed by atoms with van der Waals surface area (Å²) in [5.41, 5.74) is 2.50. The molecule has 0 radical (unpaired) electrons. The van der Waals surface area contributed by atoms with Crippen molar-refractivity contribution in [3.05, 3.63) is 35.4 Å². The Morgan fingerprint density at radius 2 is 2.00 bits per heavy atom. The molecule has 3 heteroatoms. The molecule has 0 bridgehead atoms. The predicted octanol–water partition coefficient (Wildman–Crippen LogP) is 2.78. The van der Waals surface area contributed by atoms with E-state index in [0.29, 0.717) is 12.6 Å². The average molecular weight is 288 g/mol. The lowest BCUT2D eigenvalue weighted by molar-refractivity contribution is -0.126. The fraction of sp³-hybridized carbons (Fsp3) is 0.611. The fourth-order valence-electron chi connectivity index (χ4n) is 2.93. The summed E-state index contributed by atoms with van der Waals surface area (Å²) in [6, 6.07) is 9.03. The molecule has 3 nitrogen and oxygen atoms in total. The van der Waals surface area contributed by atoms with E-state index in [0.717, 1.165) is 19.4 Å². The molecule has 1 aliphatic rings. The monoisotopic (exact) mass is 288 g/mol. The van der Waals surface area contributed by atoms with E-state index in [1.54, 1.807) is 0 Å². The highest BCUT2D eigenvalue weighted by Crippen LogP contribution is 2.23. The average Bonchev–Trinajstić information content (AvgIpc) is 2.45. The van der Waals surface area contributed by atoms with Crippen LogP contribution in [0.25, 0.3) is 0 Å². The lowest BCUT2D eigenvalue weighted by Gasteiger charge is -2.30. The van der Waals surface area contributed by atoms with Gasteiger partial charge in [0.1, 0.15) is 0 Å². The van der Waals surface area contributed by atoms with Gasteiger partial charge in [-0.15, -0.1) is 0 Å². The normalized spacial score (nSPS) is 22.9. The first-order chi connectivity index (χ1) is 9.88. The van der Waals surface area contributed by atoms with Crippen molar-refractivity contribution in [1.82, 2.24) is 10.6 Å². The largest absolute Gasteiger partial charge is 0.355 e. The van der Waals surface area contributed by atoms with Gasteiger partial charge in [-0.1, -0.05) is 43.7 Å². The summed E-state index contributed by atoms with van der Waals surface area (Å²) in [5, 5.41) is 6.55. The molecule has 0 spiro atoms. The lowest BCUT2D eigenvalue weighted by atomic mass is 9.84. The van der Waals surface area contributed by atoms with Crippen molar-refractivity contribution in [3.63, 3.8) is 0 Å². The van der Waals surface area contributed by atoms with Gasteiger partial charge in [-0.3, -0.25) is 4.79 Å². The Hall–Kier alpha value is -1.35. The lowest BCUT2D eigenvalue weighted by Crippen LogP contribution is -2.45. The number of rotatable bonds is 4. The maximum atomic E-state index is 12.3. The van der Waals surface area contributed by atoms with Gasteiger partial charge < -0.3 is 10.6 Å². The number of amides is 1. The van der Waals surface area contributed by atoms with Crippen molar-refractivity contribution in [2.75, 3.05) is 13.1 Å². The summed E-state index contributed by atoms with van der Waals surface area (Å²) in [4.78, 5) is 12.3. The van der Waals surface area contributed by atoms with Crippen LogP contribution in [0.15, 0.2) is 24.3 Å². The van der Waals surface area contributed by atoms with E-state index in [9.17, 15) is 4.79 Å². The molecule has 1 fully saturated rings. The third kappa shape index (κ3) is 4.31. The Morgan fingerprint density at radius 3 is 2.62 bits per heavy atom. The third-order valence-electron chi connectivity index (χ3n) is 4.53. The summed E-state index contributed by atoms with van der Waals surface area (Å²) >= 11 is 0. The van der Waals surface area contributed by atoms with Gasteiger partial charge in [0, 0.05) is 23.9 Å². The summed E-state index contributed by atoms with van der Waals surface area (Å²) in [6.07, 6.45) is 1.89. The molecule has 0 aromatic heterocycles. The standard InChI is InChI=1S/C18H28N2O/c1-13-5-7-16(8-6-13)18(3,4)12-20-17(21)15-9-10-19-14(2)11-15/h5-8,14-15,19H,9-12H2,1-4H3,(H,20,21)/t14-,15-/m0/s1. The van der Waals surface area contributed by atoms with Crippen LogP contribution in [0.2, 0.25) is 0 Å². The second-order valence-corrected chi connectivity index (χ2v) is 7.04. The maximum absolute atomic E-state index is 12.3. The SMILES string of the molecule is Cc1ccc(C(C)(C)CNC(=O)[C@H]2CCN[C@@H](C)C2)cc1. The van der Waals surface area contributed by atoms with Crippen molar-refractivity contribution < 1.29 is 4.79 Å². The van der Waals surface area contributed by atoms with Gasteiger partial charge in [0.05, 0.1) is 0 Å². The number of carbonyl (C=O) groups is 1. The van der Waals surface area contributed by atoms with Gasteiger partial charge >= 0.3 is 0 Å². The molecule has 116 valence electrons. The number of nitrogens with one attached hydrogen (secondary N) is 2. The van der Waals surface area contributed by atoms with Gasteiger partial charge in [0.2, 0.25) is 5.91 Å². The quantitative estimate of drug-likeness (QED) is 0.894. The molecule has 1 heterocycles. The molecule has 0 saturated carbocycles. The zero-order chi connectivity index (χ0) is 15.5. The van der Waals surface area contributed by atoms with Crippen molar-refractivity contribution in [1.29, 1.82) is 0 Å². The minimum absolute atomic E-state index is 0.0398. The molecular formula is C18H28N2O. The van der Waals surface area contributed by atoms with Gasteiger partial charge in [-0.25, -0.2) is 0 Å². The molecule has 1 aliphatic heterocycles. The highest BCUT2D eigenvalue weighted by atomic mass is 16.1. The van der Waals surface area contributed by atoms with E-state index in [-0.39, 0.29) is 17.2 Å². The highest BCUT2D eigenvalue weighted by Gasteiger charge is 2.27. The molecular weight excluding hydrogens is 260 g/mol. The van der Waals surface area contributed by atoms with Crippen LogP contribution in [0.5, 0.6) is 0 Å². The first kappa shape index (κ1) is 16.0.